The minimum absolute atomic E-state index is 0.00424. The molecule has 0 spiro atoms. The number of nitrogens with zero attached hydrogens (tertiary/aromatic N) is 4. The van der Waals surface area contributed by atoms with Crippen LogP contribution in [-0.4, -0.2) is 51.5 Å². The summed E-state index contributed by atoms with van der Waals surface area (Å²) in [6.45, 7) is 9.54. The molecule has 2 aliphatic heterocycles. The molecule has 9 heteroatoms. The number of ether oxygens (including phenoxy) is 1. The maximum atomic E-state index is 12.9. The zero-order valence-electron chi connectivity index (χ0n) is 17.9. The summed E-state index contributed by atoms with van der Waals surface area (Å²) in [6, 6.07) is 2.03. The molecule has 3 heterocycles. The summed E-state index contributed by atoms with van der Waals surface area (Å²) in [5.74, 6) is 0.563. The van der Waals surface area contributed by atoms with Gasteiger partial charge in [0.2, 0.25) is 0 Å². The van der Waals surface area contributed by atoms with Crippen molar-refractivity contribution in [3.63, 3.8) is 0 Å². The van der Waals surface area contributed by atoms with Gasteiger partial charge in [-0.25, -0.2) is 0 Å². The van der Waals surface area contributed by atoms with Gasteiger partial charge in [-0.1, -0.05) is 30.9 Å². The van der Waals surface area contributed by atoms with E-state index in [0.29, 0.717) is 45.8 Å². The van der Waals surface area contributed by atoms with Crippen molar-refractivity contribution in [2.24, 2.45) is 7.05 Å². The quantitative estimate of drug-likeness (QED) is 0.520. The molecule has 2 aliphatic rings. The molecule has 2 atom stereocenters. The van der Waals surface area contributed by atoms with Crippen LogP contribution in [0.4, 0.5) is 5.82 Å². The molecule has 1 amide bonds. The van der Waals surface area contributed by atoms with E-state index < -0.39 is 0 Å². The van der Waals surface area contributed by atoms with Gasteiger partial charge >= 0.3 is 0 Å². The topological polar surface area (TPSA) is 78.6 Å². The lowest BCUT2D eigenvalue weighted by molar-refractivity contribution is -0.122. The van der Waals surface area contributed by atoms with Gasteiger partial charge in [0.1, 0.15) is 21.8 Å². The number of carbonyl (C=O) groups excluding carboxylic acids is 1. The van der Waals surface area contributed by atoms with Crippen LogP contribution in [0.5, 0.6) is 0 Å². The molecular formula is C21H26N4O3S2. The fourth-order valence-corrected chi connectivity index (χ4v) is 5.28. The second kappa shape index (κ2) is 8.92. The number of thiocarbonyl (C=S) groups is 1. The first-order chi connectivity index (χ1) is 14.2. The summed E-state index contributed by atoms with van der Waals surface area (Å²) < 4.78 is 7.89. The maximum Gasteiger partial charge on any atom is 0.270 e. The van der Waals surface area contributed by atoms with E-state index in [1.165, 1.54) is 16.3 Å². The summed E-state index contributed by atoms with van der Waals surface area (Å²) >= 11 is 6.65. The Hall–Kier alpha value is -2.15. The molecular weight excluding hydrogens is 420 g/mol. The minimum atomic E-state index is -0.340. The van der Waals surface area contributed by atoms with Crippen molar-refractivity contribution < 1.29 is 9.53 Å². The van der Waals surface area contributed by atoms with Crippen LogP contribution < -0.4 is 10.5 Å². The molecule has 0 aromatic carbocycles. The van der Waals surface area contributed by atoms with Crippen LogP contribution in [0, 0.1) is 18.3 Å². The van der Waals surface area contributed by atoms with Gasteiger partial charge in [-0.2, -0.15) is 5.26 Å². The summed E-state index contributed by atoms with van der Waals surface area (Å²) in [4.78, 5) is 30.0. The average molecular weight is 447 g/mol. The van der Waals surface area contributed by atoms with Crippen LogP contribution in [0.2, 0.25) is 0 Å². The third-order valence-corrected chi connectivity index (χ3v) is 6.66. The number of amides is 1. The largest absolute Gasteiger partial charge is 0.372 e. The van der Waals surface area contributed by atoms with Gasteiger partial charge in [0.15, 0.2) is 0 Å². The van der Waals surface area contributed by atoms with Gasteiger partial charge in [0, 0.05) is 32.2 Å². The number of morpholine rings is 1. The molecule has 0 N–H and O–H groups in total. The molecule has 3 rings (SSSR count). The van der Waals surface area contributed by atoms with Crippen molar-refractivity contribution >= 4 is 46.1 Å². The van der Waals surface area contributed by atoms with Crippen molar-refractivity contribution in [2.75, 3.05) is 24.5 Å². The lowest BCUT2D eigenvalue weighted by atomic mass is 10.0. The number of pyridine rings is 1. The highest BCUT2D eigenvalue weighted by molar-refractivity contribution is 8.26. The van der Waals surface area contributed by atoms with Crippen molar-refractivity contribution in [1.82, 2.24) is 9.47 Å². The third kappa shape index (κ3) is 4.04. The molecule has 0 bridgehead atoms. The van der Waals surface area contributed by atoms with Gasteiger partial charge in [-0.3, -0.25) is 19.1 Å². The fraction of sp³-hybridized carbons (Fsp3) is 0.524. The lowest BCUT2D eigenvalue weighted by Crippen LogP contribution is -2.47. The molecule has 0 aliphatic carbocycles. The highest BCUT2D eigenvalue weighted by Crippen LogP contribution is 2.36. The first-order valence-electron chi connectivity index (χ1n) is 9.99. The monoisotopic (exact) mass is 446 g/mol. The third-order valence-electron chi connectivity index (χ3n) is 5.28. The van der Waals surface area contributed by atoms with Crippen LogP contribution in [0.1, 0.15) is 43.9 Å². The van der Waals surface area contributed by atoms with E-state index in [4.69, 9.17) is 17.0 Å². The summed E-state index contributed by atoms with van der Waals surface area (Å²) in [5, 5.41) is 9.58. The van der Waals surface area contributed by atoms with Gasteiger partial charge in [-0.05, 0) is 38.8 Å². The van der Waals surface area contributed by atoms with Crippen molar-refractivity contribution in [3.05, 3.63) is 31.9 Å². The van der Waals surface area contributed by atoms with Crippen molar-refractivity contribution in [3.8, 4) is 6.07 Å². The Morgan fingerprint density at radius 1 is 1.30 bits per heavy atom. The van der Waals surface area contributed by atoms with Gasteiger partial charge in [0.25, 0.3) is 11.5 Å². The van der Waals surface area contributed by atoms with Crippen molar-refractivity contribution in [1.29, 1.82) is 5.26 Å². The molecule has 30 heavy (non-hydrogen) atoms. The van der Waals surface area contributed by atoms with Crippen LogP contribution in [0.15, 0.2) is 9.70 Å². The first kappa shape index (κ1) is 22.5. The number of anilines is 1. The molecule has 7 nitrogen and oxygen atoms in total. The Morgan fingerprint density at radius 2 is 1.93 bits per heavy atom. The number of rotatable bonds is 4. The second-order valence-electron chi connectivity index (χ2n) is 7.71. The predicted molar refractivity (Wildman–Crippen MR) is 124 cm³/mol. The molecule has 2 saturated heterocycles. The number of thioether (sulfide) groups is 1. The average Bonchev–Trinajstić information content (AvgIpc) is 2.93. The van der Waals surface area contributed by atoms with E-state index in [1.54, 1.807) is 24.9 Å². The number of nitriles is 1. The summed E-state index contributed by atoms with van der Waals surface area (Å²) in [6.07, 6.45) is 2.59. The molecule has 0 radical (unpaired) electrons. The zero-order valence-corrected chi connectivity index (χ0v) is 19.5. The Labute approximate surface area is 186 Å². The van der Waals surface area contributed by atoms with Crippen molar-refractivity contribution in [2.45, 2.75) is 46.3 Å². The maximum absolute atomic E-state index is 12.9. The second-order valence-corrected chi connectivity index (χ2v) is 9.38. The molecule has 2 fully saturated rings. The minimum Gasteiger partial charge on any atom is -0.372 e. The van der Waals surface area contributed by atoms with E-state index in [1.807, 2.05) is 26.8 Å². The Morgan fingerprint density at radius 3 is 2.50 bits per heavy atom. The van der Waals surface area contributed by atoms with Crippen LogP contribution in [0.25, 0.3) is 6.08 Å². The SMILES string of the molecule is CCCN1C(=O)/C(=C\c2c(C)c(C#N)c(=O)n(C)c2N2C[C@H](C)O[C@@H](C)C2)SC1=S. The normalized spacial score (nSPS) is 23.4. The number of carbonyl (C=O) groups is 1. The molecule has 0 unspecified atom stereocenters. The fourth-order valence-electron chi connectivity index (χ4n) is 3.99. The van der Waals surface area contributed by atoms with Gasteiger partial charge in [0.05, 0.1) is 17.1 Å². The van der Waals surface area contributed by atoms with E-state index in [2.05, 4.69) is 4.90 Å². The standard InChI is InChI=1S/C21H26N4O3S2/c1-6-7-25-20(27)17(30-21(25)29)8-15-14(4)16(9-22)19(26)23(5)18(15)24-10-12(2)28-13(3)11-24/h8,12-13H,6-7,10-11H2,1-5H3/b17-8+/t12-,13-/m0/s1. The van der Waals surface area contributed by atoms with E-state index in [-0.39, 0.29) is 29.2 Å². The smallest absolute Gasteiger partial charge is 0.270 e. The zero-order chi connectivity index (χ0) is 22.2. The van der Waals surface area contributed by atoms with Gasteiger partial charge in [-0.15, -0.1) is 0 Å². The molecule has 160 valence electrons. The Bertz CT molecular complexity index is 1010. The Kier molecular flexibility index (Phi) is 6.70. The highest BCUT2D eigenvalue weighted by atomic mass is 32.2. The molecule has 0 saturated carbocycles. The van der Waals surface area contributed by atoms with E-state index >= 15 is 0 Å². The predicted octanol–water partition coefficient (Wildman–Crippen LogP) is 2.79. The number of hydrogen-bond donors (Lipinski definition) is 0. The summed E-state index contributed by atoms with van der Waals surface area (Å²) in [5.41, 5.74) is 1.02. The Balaban J connectivity index is 2.20. The number of hydrogen-bond acceptors (Lipinski definition) is 7. The van der Waals surface area contributed by atoms with Gasteiger partial charge < -0.3 is 9.64 Å². The molecule has 1 aromatic rings. The van der Waals surface area contributed by atoms with Crippen LogP contribution in [-0.2, 0) is 16.6 Å². The van der Waals surface area contributed by atoms with E-state index in [9.17, 15) is 14.9 Å². The van der Waals surface area contributed by atoms with Crippen LogP contribution >= 0.6 is 24.0 Å². The first-order valence-corrected chi connectivity index (χ1v) is 11.2. The number of aromatic nitrogens is 1. The van der Waals surface area contributed by atoms with E-state index in [0.717, 1.165) is 6.42 Å². The molecule has 1 aromatic heterocycles. The van der Waals surface area contributed by atoms with Crippen LogP contribution in [0.3, 0.4) is 0 Å². The highest BCUT2D eigenvalue weighted by Gasteiger charge is 2.33. The lowest BCUT2D eigenvalue weighted by Gasteiger charge is -2.38. The summed E-state index contributed by atoms with van der Waals surface area (Å²) in [7, 11) is 1.67.